The first kappa shape index (κ1) is 15.5. The molecule has 1 fully saturated rings. The number of carboxylic acids is 1. The van der Waals surface area contributed by atoms with Crippen molar-refractivity contribution in [1.82, 2.24) is 10.2 Å². The molecule has 112 valence electrons. The lowest BCUT2D eigenvalue weighted by molar-refractivity contribution is -0.144. The Morgan fingerprint density at radius 2 is 2.35 bits per heavy atom. The molecule has 2 unspecified atom stereocenters. The van der Waals surface area contributed by atoms with E-state index in [1.807, 2.05) is 19.0 Å². The third-order valence-electron chi connectivity index (χ3n) is 3.74. The van der Waals surface area contributed by atoms with Gasteiger partial charge in [0.15, 0.2) is 4.34 Å². The van der Waals surface area contributed by atoms with Crippen LogP contribution in [0.4, 0.5) is 5.13 Å². The van der Waals surface area contributed by atoms with Gasteiger partial charge in [-0.3, -0.25) is 4.79 Å². The SMILES string of the molecule is CN(C)c1nnc(SCCC2CCCC2(N)C(=O)O)s1. The Morgan fingerprint density at radius 3 is 2.95 bits per heavy atom. The molecule has 2 atom stereocenters. The third kappa shape index (κ3) is 3.24. The van der Waals surface area contributed by atoms with E-state index in [0.717, 1.165) is 34.5 Å². The summed E-state index contributed by atoms with van der Waals surface area (Å²) in [5.41, 5.74) is 5.00. The van der Waals surface area contributed by atoms with Crippen molar-refractivity contribution < 1.29 is 9.90 Å². The fraction of sp³-hybridized carbons (Fsp3) is 0.750. The first-order chi connectivity index (χ1) is 9.43. The van der Waals surface area contributed by atoms with Gasteiger partial charge in [-0.05, 0) is 25.2 Å². The maximum absolute atomic E-state index is 11.3. The summed E-state index contributed by atoms with van der Waals surface area (Å²) in [5, 5.41) is 18.3. The summed E-state index contributed by atoms with van der Waals surface area (Å²) in [7, 11) is 3.87. The molecule has 0 radical (unpaired) electrons. The van der Waals surface area contributed by atoms with Gasteiger partial charge in [-0.2, -0.15) is 0 Å². The number of carbonyl (C=O) groups is 1. The molecule has 8 heteroatoms. The third-order valence-corrected chi connectivity index (χ3v) is 6.00. The van der Waals surface area contributed by atoms with Crippen LogP contribution in [-0.2, 0) is 4.79 Å². The second kappa shape index (κ2) is 6.28. The highest BCUT2D eigenvalue weighted by Crippen LogP contribution is 2.38. The monoisotopic (exact) mass is 316 g/mol. The minimum absolute atomic E-state index is 0.0636. The van der Waals surface area contributed by atoms with Crippen LogP contribution in [0.3, 0.4) is 0 Å². The second-order valence-electron chi connectivity index (χ2n) is 5.32. The minimum atomic E-state index is -1.03. The molecule has 6 nitrogen and oxygen atoms in total. The molecule has 2 rings (SSSR count). The predicted molar refractivity (Wildman–Crippen MR) is 81.5 cm³/mol. The van der Waals surface area contributed by atoms with Crippen LogP contribution in [0.15, 0.2) is 4.34 Å². The highest BCUT2D eigenvalue weighted by Gasteiger charge is 2.45. The van der Waals surface area contributed by atoms with Crippen LogP contribution in [0.1, 0.15) is 25.7 Å². The van der Waals surface area contributed by atoms with E-state index in [9.17, 15) is 9.90 Å². The maximum atomic E-state index is 11.3. The van der Waals surface area contributed by atoms with Crippen molar-refractivity contribution >= 4 is 34.2 Å². The van der Waals surface area contributed by atoms with E-state index >= 15 is 0 Å². The fourth-order valence-electron chi connectivity index (χ4n) is 2.52. The highest BCUT2D eigenvalue weighted by atomic mass is 32.2. The first-order valence-electron chi connectivity index (χ1n) is 6.59. The number of hydrogen-bond donors (Lipinski definition) is 2. The molecule has 3 N–H and O–H groups in total. The highest BCUT2D eigenvalue weighted by molar-refractivity contribution is 8.01. The van der Waals surface area contributed by atoms with Crippen LogP contribution < -0.4 is 10.6 Å². The lowest BCUT2D eigenvalue weighted by atomic mass is 9.86. The molecule has 0 spiro atoms. The number of carboxylic acid groups (broad SMARTS) is 1. The quantitative estimate of drug-likeness (QED) is 0.771. The fourth-order valence-corrected chi connectivity index (χ4v) is 4.40. The summed E-state index contributed by atoms with van der Waals surface area (Å²) >= 11 is 3.18. The van der Waals surface area contributed by atoms with Gasteiger partial charge >= 0.3 is 5.97 Å². The van der Waals surface area contributed by atoms with Gasteiger partial charge in [0.2, 0.25) is 5.13 Å². The second-order valence-corrected chi connectivity index (χ2v) is 7.61. The first-order valence-corrected chi connectivity index (χ1v) is 8.39. The number of thioether (sulfide) groups is 1. The van der Waals surface area contributed by atoms with Crippen molar-refractivity contribution in [2.24, 2.45) is 11.7 Å². The summed E-state index contributed by atoms with van der Waals surface area (Å²) in [6, 6.07) is 0. The minimum Gasteiger partial charge on any atom is -0.480 e. The number of rotatable bonds is 6. The van der Waals surface area contributed by atoms with Gasteiger partial charge in [0.05, 0.1) is 0 Å². The average Bonchev–Trinajstić information content (AvgIpc) is 2.98. The van der Waals surface area contributed by atoms with Crippen LogP contribution in [0.5, 0.6) is 0 Å². The van der Waals surface area contributed by atoms with Crippen molar-refractivity contribution in [3.8, 4) is 0 Å². The van der Waals surface area contributed by atoms with Crippen LogP contribution in [0.25, 0.3) is 0 Å². The summed E-state index contributed by atoms with van der Waals surface area (Å²) in [6.45, 7) is 0. The van der Waals surface area contributed by atoms with Gasteiger partial charge in [-0.15, -0.1) is 10.2 Å². The van der Waals surface area contributed by atoms with Crippen molar-refractivity contribution in [2.45, 2.75) is 35.6 Å². The Morgan fingerprint density at radius 1 is 1.60 bits per heavy atom. The number of nitrogens with two attached hydrogens (primary N) is 1. The Bertz CT molecular complexity index is 480. The molecular formula is C12H20N4O2S2. The predicted octanol–water partition coefficient (Wildman–Crippen LogP) is 1.67. The Kier molecular flexibility index (Phi) is 4.87. The van der Waals surface area contributed by atoms with Gasteiger partial charge in [0, 0.05) is 19.8 Å². The number of aromatic nitrogens is 2. The molecule has 0 saturated heterocycles. The van der Waals surface area contributed by atoms with Crippen LogP contribution >= 0.6 is 23.1 Å². The standard InChI is InChI=1S/C12H20N4O2S2/c1-16(2)10-14-15-11(20-10)19-7-5-8-4-3-6-12(8,13)9(17)18/h8H,3-7,13H2,1-2H3,(H,17,18). The van der Waals surface area contributed by atoms with Crippen molar-refractivity contribution in [3.63, 3.8) is 0 Å². The van der Waals surface area contributed by atoms with Crippen molar-refractivity contribution in [3.05, 3.63) is 0 Å². The zero-order valence-corrected chi connectivity index (χ0v) is 13.3. The molecule has 20 heavy (non-hydrogen) atoms. The molecule has 0 amide bonds. The largest absolute Gasteiger partial charge is 0.480 e. The Balaban J connectivity index is 1.85. The van der Waals surface area contributed by atoms with Gasteiger partial charge in [-0.25, -0.2) is 0 Å². The zero-order valence-electron chi connectivity index (χ0n) is 11.7. The Labute approximate surface area is 126 Å². The lowest BCUT2D eigenvalue weighted by Gasteiger charge is -2.26. The van der Waals surface area contributed by atoms with Crippen molar-refractivity contribution in [1.29, 1.82) is 0 Å². The van der Waals surface area contributed by atoms with Gasteiger partial charge in [0.1, 0.15) is 5.54 Å². The normalized spacial score (nSPS) is 25.9. The van der Waals surface area contributed by atoms with E-state index in [4.69, 9.17) is 5.73 Å². The molecule has 1 aliphatic carbocycles. The molecule has 1 aliphatic rings. The van der Waals surface area contributed by atoms with Crippen LogP contribution in [0.2, 0.25) is 0 Å². The van der Waals surface area contributed by atoms with E-state index in [1.54, 1.807) is 23.1 Å². The molecule has 1 aromatic heterocycles. The number of anilines is 1. The van der Waals surface area contributed by atoms with Gasteiger partial charge < -0.3 is 15.7 Å². The van der Waals surface area contributed by atoms with Crippen LogP contribution in [-0.4, -0.2) is 46.7 Å². The molecule has 1 heterocycles. The van der Waals surface area contributed by atoms with E-state index in [2.05, 4.69) is 10.2 Å². The molecule has 0 aliphatic heterocycles. The lowest BCUT2D eigenvalue weighted by Crippen LogP contribution is -2.51. The topological polar surface area (TPSA) is 92.3 Å². The van der Waals surface area contributed by atoms with E-state index in [1.165, 1.54) is 0 Å². The molecule has 1 aromatic rings. The number of hydrogen-bond acceptors (Lipinski definition) is 7. The zero-order chi connectivity index (χ0) is 14.8. The van der Waals surface area contributed by atoms with E-state index in [-0.39, 0.29) is 5.92 Å². The molecule has 0 bridgehead atoms. The summed E-state index contributed by atoms with van der Waals surface area (Å²) in [6.07, 6.45) is 3.20. The molecule has 0 aromatic carbocycles. The number of nitrogens with zero attached hydrogens (tertiary/aromatic N) is 3. The number of aliphatic carboxylic acids is 1. The average molecular weight is 316 g/mol. The van der Waals surface area contributed by atoms with E-state index in [0.29, 0.717) is 6.42 Å². The van der Waals surface area contributed by atoms with Gasteiger partial charge in [-0.1, -0.05) is 29.5 Å². The Hall–Kier alpha value is -0.860. The van der Waals surface area contributed by atoms with Crippen LogP contribution in [0, 0.1) is 5.92 Å². The summed E-state index contributed by atoms with van der Waals surface area (Å²) in [4.78, 5) is 13.2. The molecule has 1 saturated carbocycles. The summed E-state index contributed by atoms with van der Waals surface area (Å²) in [5.74, 6) is 0.0310. The smallest absolute Gasteiger partial charge is 0.323 e. The maximum Gasteiger partial charge on any atom is 0.323 e. The molecular weight excluding hydrogens is 296 g/mol. The summed E-state index contributed by atoms with van der Waals surface area (Å²) < 4.78 is 0.921. The van der Waals surface area contributed by atoms with Crippen molar-refractivity contribution in [2.75, 3.05) is 24.7 Å². The van der Waals surface area contributed by atoms with E-state index < -0.39 is 11.5 Å². The van der Waals surface area contributed by atoms with Gasteiger partial charge in [0.25, 0.3) is 0 Å².